The SMILES string of the molecule is O=C(NCCF)c1ccc(Br)cc1O. The van der Waals surface area contributed by atoms with Crippen LogP contribution in [0.15, 0.2) is 22.7 Å². The van der Waals surface area contributed by atoms with Crippen LogP contribution in [0.2, 0.25) is 0 Å². The number of carbonyl (C=O) groups excluding carboxylic acids is 1. The zero-order valence-corrected chi connectivity index (χ0v) is 8.84. The highest BCUT2D eigenvalue weighted by Crippen LogP contribution is 2.21. The van der Waals surface area contributed by atoms with E-state index in [0.717, 1.165) is 0 Å². The lowest BCUT2D eigenvalue weighted by Crippen LogP contribution is -2.25. The van der Waals surface area contributed by atoms with Crippen molar-refractivity contribution in [3.05, 3.63) is 28.2 Å². The molecule has 0 spiro atoms. The summed E-state index contributed by atoms with van der Waals surface area (Å²) in [4.78, 5) is 11.3. The van der Waals surface area contributed by atoms with Crippen molar-refractivity contribution in [1.82, 2.24) is 5.32 Å². The van der Waals surface area contributed by atoms with Gasteiger partial charge in [0.2, 0.25) is 0 Å². The molecule has 0 atom stereocenters. The van der Waals surface area contributed by atoms with Crippen molar-refractivity contribution in [2.45, 2.75) is 0 Å². The number of aromatic hydroxyl groups is 1. The summed E-state index contributed by atoms with van der Waals surface area (Å²) in [7, 11) is 0. The highest BCUT2D eigenvalue weighted by atomic mass is 79.9. The van der Waals surface area contributed by atoms with E-state index in [0.29, 0.717) is 4.47 Å². The Hall–Kier alpha value is -1.10. The summed E-state index contributed by atoms with van der Waals surface area (Å²) >= 11 is 3.15. The largest absolute Gasteiger partial charge is 0.507 e. The van der Waals surface area contributed by atoms with Gasteiger partial charge in [-0.1, -0.05) is 15.9 Å². The van der Waals surface area contributed by atoms with E-state index in [4.69, 9.17) is 0 Å². The molecule has 0 aliphatic rings. The lowest BCUT2D eigenvalue weighted by molar-refractivity contribution is 0.0948. The number of alkyl halides is 1. The number of amides is 1. The van der Waals surface area contributed by atoms with Crippen molar-refractivity contribution in [2.75, 3.05) is 13.2 Å². The third kappa shape index (κ3) is 2.70. The zero-order valence-electron chi connectivity index (χ0n) is 7.26. The number of nitrogens with one attached hydrogen (secondary N) is 1. The molecular formula is C9H9BrFNO2. The molecule has 1 rings (SSSR count). The van der Waals surface area contributed by atoms with Crippen LogP contribution in [0.25, 0.3) is 0 Å². The van der Waals surface area contributed by atoms with Crippen LogP contribution < -0.4 is 5.32 Å². The van der Waals surface area contributed by atoms with Crippen LogP contribution in [0.5, 0.6) is 5.75 Å². The second-order valence-corrected chi connectivity index (χ2v) is 3.52. The Morgan fingerprint density at radius 3 is 2.86 bits per heavy atom. The Bertz CT molecular complexity index is 344. The monoisotopic (exact) mass is 261 g/mol. The van der Waals surface area contributed by atoms with Gasteiger partial charge in [0.05, 0.1) is 5.56 Å². The van der Waals surface area contributed by atoms with Crippen molar-refractivity contribution >= 4 is 21.8 Å². The van der Waals surface area contributed by atoms with Crippen LogP contribution in [0.4, 0.5) is 4.39 Å². The minimum Gasteiger partial charge on any atom is -0.507 e. The van der Waals surface area contributed by atoms with Crippen LogP contribution in [-0.4, -0.2) is 24.2 Å². The Balaban J connectivity index is 2.80. The van der Waals surface area contributed by atoms with E-state index in [1.54, 1.807) is 6.07 Å². The predicted octanol–water partition coefficient (Wildman–Crippen LogP) is 1.85. The summed E-state index contributed by atoms with van der Waals surface area (Å²) in [6.07, 6.45) is 0. The molecule has 0 aromatic heterocycles. The fourth-order valence-corrected chi connectivity index (χ4v) is 1.30. The molecular weight excluding hydrogens is 253 g/mol. The molecule has 0 heterocycles. The molecule has 2 N–H and O–H groups in total. The van der Waals surface area contributed by atoms with E-state index >= 15 is 0 Å². The molecule has 0 unspecified atom stereocenters. The molecule has 0 aliphatic heterocycles. The fraction of sp³-hybridized carbons (Fsp3) is 0.222. The van der Waals surface area contributed by atoms with Gasteiger partial charge in [0.15, 0.2) is 0 Å². The van der Waals surface area contributed by atoms with Gasteiger partial charge >= 0.3 is 0 Å². The Morgan fingerprint density at radius 2 is 2.29 bits per heavy atom. The number of benzene rings is 1. The first-order chi connectivity index (χ1) is 6.65. The summed E-state index contributed by atoms with van der Waals surface area (Å²) in [5.74, 6) is -0.608. The topological polar surface area (TPSA) is 49.3 Å². The molecule has 5 heteroatoms. The smallest absolute Gasteiger partial charge is 0.255 e. The van der Waals surface area contributed by atoms with Gasteiger partial charge in [-0.15, -0.1) is 0 Å². The molecule has 1 aromatic carbocycles. The summed E-state index contributed by atoms with van der Waals surface area (Å²) in [6.45, 7) is -0.669. The maximum absolute atomic E-state index is 11.7. The second kappa shape index (κ2) is 4.95. The third-order valence-electron chi connectivity index (χ3n) is 1.58. The average molecular weight is 262 g/mol. The van der Waals surface area contributed by atoms with Gasteiger partial charge in [0.25, 0.3) is 5.91 Å². The van der Waals surface area contributed by atoms with Crippen LogP contribution in [0.1, 0.15) is 10.4 Å². The molecule has 0 saturated carbocycles. The van der Waals surface area contributed by atoms with Crippen LogP contribution in [-0.2, 0) is 0 Å². The minimum atomic E-state index is -0.622. The summed E-state index contributed by atoms with van der Waals surface area (Å²) < 4.78 is 12.4. The number of hydrogen-bond acceptors (Lipinski definition) is 2. The lowest BCUT2D eigenvalue weighted by atomic mass is 10.2. The summed E-state index contributed by atoms with van der Waals surface area (Å²) in [5.41, 5.74) is 0.140. The fourth-order valence-electron chi connectivity index (χ4n) is 0.953. The maximum Gasteiger partial charge on any atom is 0.255 e. The number of phenolic OH excluding ortho intramolecular Hbond substituents is 1. The predicted molar refractivity (Wildman–Crippen MR) is 54.1 cm³/mol. The van der Waals surface area contributed by atoms with E-state index in [1.165, 1.54) is 12.1 Å². The zero-order chi connectivity index (χ0) is 10.6. The molecule has 0 radical (unpaired) electrons. The van der Waals surface area contributed by atoms with Gasteiger partial charge in [0.1, 0.15) is 12.4 Å². The van der Waals surface area contributed by atoms with E-state index in [-0.39, 0.29) is 17.9 Å². The first-order valence-corrected chi connectivity index (χ1v) is 4.77. The first-order valence-electron chi connectivity index (χ1n) is 3.98. The van der Waals surface area contributed by atoms with Crippen molar-refractivity contribution in [3.8, 4) is 5.75 Å². The second-order valence-electron chi connectivity index (χ2n) is 2.61. The van der Waals surface area contributed by atoms with Gasteiger partial charge in [-0.05, 0) is 18.2 Å². The van der Waals surface area contributed by atoms with Crippen molar-refractivity contribution < 1.29 is 14.3 Å². The van der Waals surface area contributed by atoms with Gasteiger partial charge in [-0.3, -0.25) is 4.79 Å². The van der Waals surface area contributed by atoms with Crippen molar-refractivity contribution in [2.24, 2.45) is 0 Å². The summed E-state index contributed by atoms with van der Waals surface area (Å²) in [6, 6.07) is 4.50. The van der Waals surface area contributed by atoms with Crippen molar-refractivity contribution in [3.63, 3.8) is 0 Å². The Kier molecular flexibility index (Phi) is 3.88. The van der Waals surface area contributed by atoms with Gasteiger partial charge < -0.3 is 10.4 Å². The number of phenols is 1. The Morgan fingerprint density at radius 1 is 1.57 bits per heavy atom. The van der Waals surface area contributed by atoms with Gasteiger partial charge in [0, 0.05) is 11.0 Å². The molecule has 0 aliphatic carbocycles. The minimum absolute atomic E-state index is 0.0473. The molecule has 3 nitrogen and oxygen atoms in total. The number of carbonyl (C=O) groups is 1. The van der Waals surface area contributed by atoms with E-state index in [1.807, 2.05) is 0 Å². The first kappa shape index (κ1) is 11.0. The number of hydrogen-bond donors (Lipinski definition) is 2. The quantitative estimate of drug-likeness (QED) is 0.873. The highest BCUT2D eigenvalue weighted by Gasteiger charge is 2.09. The van der Waals surface area contributed by atoms with Crippen LogP contribution in [0, 0.1) is 0 Å². The lowest BCUT2D eigenvalue weighted by Gasteiger charge is -2.04. The average Bonchev–Trinajstić information content (AvgIpc) is 2.14. The number of rotatable bonds is 3. The standard InChI is InChI=1S/C9H9BrFNO2/c10-6-1-2-7(8(13)5-6)9(14)12-4-3-11/h1-2,5,13H,3-4H2,(H,12,14). The summed E-state index contributed by atoms with van der Waals surface area (Å²) in [5, 5.41) is 11.7. The maximum atomic E-state index is 11.7. The highest BCUT2D eigenvalue weighted by molar-refractivity contribution is 9.10. The molecule has 0 saturated heterocycles. The van der Waals surface area contributed by atoms with Gasteiger partial charge in [-0.25, -0.2) is 4.39 Å². The van der Waals surface area contributed by atoms with E-state index in [9.17, 15) is 14.3 Å². The molecule has 1 amide bonds. The molecule has 76 valence electrons. The van der Waals surface area contributed by atoms with E-state index in [2.05, 4.69) is 21.2 Å². The normalized spacial score (nSPS) is 9.86. The molecule has 14 heavy (non-hydrogen) atoms. The third-order valence-corrected chi connectivity index (χ3v) is 2.08. The molecule has 0 fully saturated rings. The van der Waals surface area contributed by atoms with E-state index < -0.39 is 12.6 Å². The van der Waals surface area contributed by atoms with Crippen LogP contribution >= 0.6 is 15.9 Å². The Labute approximate surface area is 89.1 Å². The van der Waals surface area contributed by atoms with Crippen molar-refractivity contribution in [1.29, 1.82) is 0 Å². The molecule has 1 aromatic rings. The number of halogens is 2. The van der Waals surface area contributed by atoms with Gasteiger partial charge in [-0.2, -0.15) is 0 Å². The van der Waals surface area contributed by atoms with Crippen LogP contribution in [0.3, 0.4) is 0 Å². The molecule has 0 bridgehead atoms.